The summed E-state index contributed by atoms with van der Waals surface area (Å²) in [5, 5.41) is 5.84. The van der Waals surface area contributed by atoms with Crippen molar-refractivity contribution in [2.75, 3.05) is 39.8 Å². The number of nitrogens with zero attached hydrogens (tertiary/aromatic N) is 1. The fourth-order valence-corrected chi connectivity index (χ4v) is 2.66. The van der Waals surface area contributed by atoms with E-state index in [1.54, 1.807) is 7.05 Å². The first kappa shape index (κ1) is 25.0. The summed E-state index contributed by atoms with van der Waals surface area (Å²) in [5.74, 6) is 0.372. The highest BCUT2D eigenvalue weighted by atomic mass is 35.5. The van der Waals surface area contributed by atoms with Crippen molar-refractivity contribution >= 4 is 30.7 Å². The number of likely N-dealkylation sites (tertiary alicyclic amines) is 1. The Bertz CT molecular complexity index is 325. The second kappa shape index (κ2) is 12.2. The van der Waals surface area contributed by atoms with E-state index in [0.29, 0.717) is 32.1 Å². The van der Waals surface area contributed by atoms with E-state index in [0.717, 1.165) is 19.3 Å². The van der Waals surface area contributed by atoms with Crippen molar-refractivity contribution in [3.05, 3.63) is 0 Å². The van der Waals surface area contributed by atoms with Crippen molar-refractivity contribution in [1.82, 2.24) is 15.5 Å². The maximum Gasteiger partial charge on any atom is 0.401 e. The van der Waals surface area contributed by atoms with E-state index in [1.165, 1.54) is 4.90 Å². The third-order valence-corrected chi connectivity index (χ3v) is 3.92. The predicted molar refractivity (Wildman–Crippen MR) is 90.4 cm³/mol. The third-order valence-electron chi connectivity index (χ3n) is 3.92. The summed E-state index contributed by atoms with van der Waals surface area (Å²) in [6.07, 6.45) is -1.71. The summed E-state index contributed by atoms with van der Waals surface area (Å²) < 4.78 is 36.8. The molecule has 2 N–H and O–H groups in total. The number of rotatable bonds is 7. The standard InChI is InChI=1S/C14H26F3N3O.2ClH/c1-11(9-18-2)13(21)19-6-3-12-4-7-20(8-5-12)10-14(15,16)17;;/h11-12,18H,3-10H2,1-2H3,(H,19,21);2*1H. The van der Waals surface area contributed by atoms with Crippen LogP contribution < -0.4 is 10.6 Å². The average molecular weight is 382 g/mol. The molecule has 1 heterocycles. The minimum atomic E-state index is -4.11. The van der Waals surface area contributed by atoms with Gasteiger partial charge in [-0.15, -0.1) is 24.8 Å². The van der Waals surface area contributed by atoms with E-state index in [1.807, 2.05) is 6.92 Å². The quantitative estimate of drug-likeness (QED) is 0.711. The van der Waals surface area contributed by atoms with Gasteiger partial charge < -0.3 is 10.6 Å². The Balaban J connectivity index is 0. The molecule has 1 fully saturated rings. The van der Waals surface area contributed by atoms with Gasteiger partial charge in [-0.2, -0.15) is 13.2 Å². The highest BCUT2D eigenvalue weighted by Gasteiger charge is 2.32. The summed E-state index contributed by atoms with van der Waals surface area (Å²) in [4.78, 5) is 13.2. The van der Waals surface area contributed by atoms with Crippen LogP contribution in [0.25, 0.3) is 0 Å². The maximum atomic E-state index is 12.3. The molecular formula is C14H28Cl2F3N3O. The van der Waals surface area contributed by atoms with E-state index < -0.39 is 12.7 Å². The van der Waals surface area contributed by atoms with Crippen LogP contribution in [0.3, 0.4) is 0 Å². The van der Waals surface area contributed by atoms with Gasteiger partial charge in [-0.05, 0) is 45.3 Å². The van der Waals surface area contributed by atoms with Gasteiger partial charge in [0, 0.05) is 19.0 Å². The summed E-state index contributed by atoms with van der Waals surface area (Å²) in [6, 6.07) is 0. The molecule has 1 aliphatic rings. The lowest BCUT2D eigenvalue weighted by atomic mass is 9.93. The van der Waals surface area contributed by atoms with E-state index >= 15 is 0 Å². The van der Waals surface area contributed by atoms with E-state index in [-0.39, 0.29) is 36.6 Å². The monoisotopic (exact) mass is 381 g/mol. The number of alkyl halides is 3. The number of carbonyl (C=O) groups is 1. The number of halogens is 5. The van der Waals surface area contributed by atoms with Gasteiger partial charge in [-0.25, -0.2) is 0 Å². The van der Waals surface area contributed by atoms with Gasteiger partial charge in [-0.1, -0.05) is 6.92 Å². The molecule has 0 aliphatic carbocycles. The topological polar surface area (TPSA) is 44.4 Å². The Morgan fingerprint density at radius 1 is 1.26 bits per heavy atom. The maximum absolute atomic E-state index is 12.3. The number of hydrogen-bond acceptors (Lipinski definition) is 3. The fraction of sp³-hybridized carbons (Fsp3) is 0.929. The van der Waals surface area contributed by atoms with E-state index in [4.69, 9.17) is 0 Å². The zero-order chi connectivity index (χ0) is 15.9. The fourth-order valence-electron chi connectivity index (χ4n) is 2.66. The lowest BCUT2D eigenvalue weighted by Crippen LogP contribution is -2.41. The highest BCUT2D eigenvalue weighted by Crippen LogP contribution is 2.23. The number of nitrogens with one attached hydrogen (secondary N) is 2. The average Bonchev–Trinajstić information content (AvgIpc) is 2.39. The lowest BCUT2D eigenvalue weighted by molar-refractivity contribution is -0.148. The predicted octanol–water partition coefficient (Wildman–Crippen LogP) is 2.47. The van der Waals surface area contributed by atoms with Crippen molar-refractivity contribution < 1.29 is 18.0 Å². The Morgan fingerprint density at radius 3 is 2.30 bits per heavy atom. The molecule has 1 saturated heterocycles. The smallest absolute Gasteiger partial charge is 0.356 e. The van der Waals surface area contributed by atoms with Gasteiger partial charge in [0.15, 0.2) is 0 Å². The van der Waals surface area contributed by atoms with Crippen molar-refractivity contribution in [2.45, 2.75) is 32.4 Å². The van der Waals surface area contributed by atoms with Gasteiger partial charge in [-0.3, -0.25) is 9.69 Å². The Kier molecular flexibility index (Phi) is 13.2. The molecular weight excluding hydrogens is 354 g/mol. The SMILES string of the molecule is CNCC(C)C(=O)NCCC1CCN(CC(F)(F)F)CC1.Cl.Cl. The zero-order valence-corrected chi connectivity index (χ0v) is 15.3. The second-order valence-electron chi connectivity index (χ2n) is 5.87. The number of hydrogen-bond donors (Lipinski definition) is 2. The minimum Gasteiger partial charge on any atom is -0.356 e. The minimum absolute atomic E-state index is 0. The number of amides is 1. The van der Waals surface area contributed by atoms with Crippen LogP contribution in [-0.2, 0) is 4.79 Å². The lowest BCUT2D eigenvalue weighted by Gasteiger charge is -2.32. The van der Waals surface area contributed by atoms with Crippen LogP contribution in [0.5, 0.6) is 0 Å². The molecule has 1 amide bonds. The van der Waals surface area contributed by atoms with Crippen LogP contribution in [0.4, 0.5) is 13.2 Å². The molecule has 0 saturated carbocycles. The van der Waals surface area contributed by atoms with Gasteiger partial charge >= 0.3 is 6.18 Å². The molecule has 23 heavy (non-hydrogen) atoms. The van der Waals surface area contributed by atoms with Crippen LogP contribution in [0.1, 0.15) is 26.2 Å². The molecule has 4 nitrogen and oxygen atoms in total. The van der Waals surface area contributed by atoms with Crippen molar-refractivity contribution in [2.24, 2.45) is 11.8 Å². The molecule has 0 aromatic rings. The normalized spacial score (nSPS) is 17.8. The first-order chi connectivity index (χ1) is 9.81. The van der Waals surface area contributed by atoms with Crippen LogP contribution in [0.2, 0.25) is 0 Å². The molecule has 1 atom stereocenters. The van der Waals surface area contributed by atoms with Crippen molar-refractivity contribution in [3.8, 4) is 0 Å². The molecule has 1 aliphatic heterocycles. The molecule has 0 bridgehead atoms. The van der Waals surface area contributed by atoms with Crippen molar-refractivity contribution in [1.29, 1.82) is 0 Å². The second-order valence-corrected chi connectivity index (χ2v) is 5.87. The molecule has 140 valence electrons. The number of carbonyl (C=O) groups excluding carboxylic acids is 1. The van der Waals surface area contributed by atoms with Crippen LogP contribution in [0, 0.1) is 11.8 Å². The molecule has 1 rings (SSSR count). The van der Waals surface area contributed by atoms with Crippen LogP contribution in [-0.4, -0.2) is 56.8 Å². The molecule has 0 radical (unpaired) electrons. The third kappa shape index (κ3) is 11.0. The van der Waals surface area contributed by atoms with Crippen LogP contribution >= 0.6 is 24.8 Å². The first-order valence-electron chi connectivity index (χ1n) is 7.53. The molecule has 9 heteroatoms. The molecule has 0 spiro atoms. The zero-order valence-electron chi connectivity index (χ0n) is 13.6. The van der Waals surface area contributed by atoms with E-state index in [9.17, 15) is 18.0 Å². The summed E-state index contributed by atoms with van der Waals surface area (Å²) in [5.41, 5.74) is 0. The Hall–Kier alpha value is -0.240. The molecule has 0 aromatic carbocycles. The summed E-state index contributed by atoms with van der Waals surface area (Å²) >= 11 is 0. The van der Waals surface area contributed by atoms with Gasteiger partial charge in [0.25, 0.3) is 0 Å². The van der Waals surface area contributed by atoms with Gasteiger partial charge in [0.2, 0.25) is 5.91 Å². The van der Waals surface area contributed by atoms with Crippen LogP contribution in [0.15, 0.2) is 0 Å². The summed E-state index contributed by atoms with van der Waals surface area (Å²) in [6.45, 7) is 3.29. The van der Waals surface area contributed by atoms with E-state index in [2.05, 4.69) is 10.6 Å². The van der Waals surface area contributed by atoms with Crippen molar-refractivity contribution in [3.63, 3.8) is 0 Å². The largest absolute Gasteiger partial charge is 0.401 e. The number of piperidine rings is 1. The molecule has 1 unspecified atom stereocenters. The summed E-state index contributed by atoms with van der Waals surface area (Å²) in [7, 11) is 1.80. The van der Waals surface area contributed by atoms with Gasteiger partial charge in [0.1, 0.15) is 0 Å². The Morgan fingerprint density at radius 2 is 1.83 bits per heavy atom. The van der Waals surface area contributed by atoms with Gasteiger partial charge in [0.05, 0.1) is 6.54 Å². The molecule has 0 aromatic heterocycles. The Labute approximate surface area is 148 Å². The first-order valence-corrected chi connectivity index (χ1v) is 7.53. The highest BCUT2D eigenvalue weighted by molar-refractivity contribution is 5.85.